The Labute approximate surface area is 206 Å². The van der Waals surface area contributed by atoms with Gasteiger partial charge in [0.15, 0.2) is 5.76 Å². The molecule has 0 saturated heterocycles. The molecule has 0 spiro atoms. The molecular formula is C26H24N2O6S. The first kappa shape index (κ1) is 24.2. The number of aromatic nitrogens is 1. The molecule has 180 valence electrons. The second kappa shape index (κ2) is 9.71. The number of hydrogen-bond donors (Lipinski definition) is 1. The zero-order valence-electron chi connectivity index (χ0n) is 19.7. The fourth-order valence-electron chi connectivity index (χ4n) is 4.07. The molecule has 3 aromatic rings. The number of aryl methyl sites for hydroxylation is 2. The Morgan fingerprint density at radius 2 is 1.86 bits per heavy atom. The van der Waals surface area contributed by atoms with Crippen molar-refractivity contribution in [2.45, 2.75) is 26.8 Å². The molecule has 2 aromatic carbocycles. The Balaban J connectivity index is 1.84. The highest BCUT2D eigenvalue weighted by Gasteiger charge is 2.45. The van der Waals surface area contributed by atoms with E-state index in [0.29, 0.717) is 38.1 Å². The number of carbonyl (C=O) groups is 3. The van der Waals surface area contributed by atoms with E-state index in [1.807, 2.05) is 0 Å². The van der Waals surface area contributed by atoms with Crippen LogP contribution in [0.3, 0.4) is 0 Å². The summed E-state index contributed by atoms with van der Waals surface area (Å²) in [6.07, 6.45) is 0. The summed E-state index contributed by atoms with van der Waals surface area (Å²) < 4.78 is 10.4. The van der Waals surface area contributed by atoms with Gasteiger partial charge in [0.1, 0.15) is 5.75 Å². The van der Waals surface area contributed by atoms with Crippen LogP contribution in [0.5, 0.6) is 5.75 Å². The van der Waals surface area contributed by atoms with Gasteiger partial charge in [-0.25, -0.2) is 9.78 Å². The van der Waals surface area contributed by atoms with Crippen LogP contribution in [0.15, 0.2) is 59.9 Å². The molecule has 0 saturated carbocycles. The van der Waals surface area contributed by atoms with E-state index in [1.54, 1.807) is 57.2 Å². The lowest BCUT2D eigenvalue weighted by Gasteiger charge is -2.27. The summed E-state index contributed by atoms with van der Waals surface area (Å²) in [4.78, 5) is 45.1. The minimum atomic E-state index is -0.916. The smallest absolute Gasteiger partial charge is 0.338 e. The second-order valence-electron chi connectivity index (χ2n) is 7.86. The molecule has 4 rings (SSSR count). The lowest BCUT2D eigenvalue weighted by molar-refractivity contribution is -0.117. The number of Topliss-reactive ketones (excluding diaryl/α,β-unsaturated/α-hetero) is 1. The van der Waals surface area contributed by atoms with Crippen molar-refractivity contribution < 1.29 is 29.0 Å². The van der Waals surface area contributed by atoms with Gasteiger partial charge in [-0.1, -0.05) is 12.1 Å². The molecule has 8 nitrogen and oxygen atoms in total. The fraction of sp³-hybridized carbons (Fsp3) is 0.231. The number of carbonyl (C=O) groups excluding carboxylic acids is 3. The topological polar surface area (TPSA) is 106 Å². The van der Waals surface area contributed by atoms with Crippen LogP contribution >= 0.6 is 11.3 Å². The molecule has 1 unspecified atom stereocenters. The molecular weight excluding hydrogens is 468 g/mol. The number of nitrogens with zero attached hydrogens (tertiary/aromatic N) is 2. The summed E-state index contributed by atoms with van der Waals surface area (Å²) in [5, 5.41) is 11.6. The van der Waals surface area contributed by atoms with Crippen molar-refractivity contribution in [3.63, 3.8) is 0 Å². The first-order valence-electron chi connectivity index (χ1n) is 10.9. The average molecular weight is 493 g/mol. The normalized spacial score (nSPS) is 15.5. The highest BCUT2D eigenvalue weighted by Crippen LogP contribution is 2.43. The quantitative estimate of drug-likeness (QED) is 0.375. The van der Waals surface area contributed by atoms with Crippen molar-refractivity contribution in [1.29, 1.82) is 0 Å². The van der Waals surface area contributed by atoms with Crippen LogP contribution in [-0.2, 0) is 9.53 Å². The highest BCUT2D eigenvalue weighted by molar-refractivity contribution is 7.14. The molecule has 1 atom stereocenters. The van der Waals surface area contributed by atoms with Crippen LogP contribution in [0, 0.1) is 13.8 Å². The van der Waals surface area contributed by atoms with Gasteiger partial charge in [0, 0.05) is 5.69 Å². The van der Waals surface area contributed by atoms with Crippen LogP contribution in [0.1, 0.15) is 49.3 Å². The van der Waals surface area contributed by atoms with E-state index < -0.39 is 29.5 Å². The van der Waals surface area contributed by atoms with Crippen LogP contribution in [0.4, 0.5) is 5.69 Å². The van der Waals surface area contributed by atoms with Crippen molar-refractivity contribution in [2.24, 2.45) is 0 Å². The maximum atomic E-state index is 13.6. The number of thiazole rings is 1. The molecule has 0 radical (unpaired) electrons. The van der Waals surface area contributed by atoms with Gasteiger partial charge in [-0.2, -0.15) is 0 Å². The van der Waals surface area contributed by atoms with Gasteiger partial charge >= 0.3 is 5.97 Å². The first-order chi connectivity index (χ1) is 16.8. The number of aliphatic hydroxyl groups is 1. The number of anilines is 1. The molecule has 1 aliphatic rings. The lowest BCUT2D eigenvalue weighted by atomic mass is 9.94. The van der Waals surface area contributed by atoms with Crippen LogP contribution in [0.25, 0.3) is 0 Å². The third-order valence-corrected chi connectivity index (χ3v) is 6.70. The van der Waals surface area contributed by atoms with Gasteiger partial charge in [0.25, 0.3) is 5.91 Å². The summed E-state index contributed by atoms with van der Waals surface area (Å²) in [6, 6.07) is 12.3. The molecule has 1 aliphatic heterocycles. The molecule has 9 heteroatoms. The number of hydrogen-bond acceptors (Lipinski definition) is 8. The number of rotatable bonds is 7. The number of esters is 1. The molecule has 1 amide bonds. The van der Waals surface area contributed by atoms with E-state index in [1.165, 1.54) is 35.5 Å². The molecule has 2 heterocycles. The number of ketones is 1. The van der Waals surface area contributed by atoms with Crippen LogP contribution in [0.2, 0.25) is 0 Å². The van der Waals surface area contributed by atoms with Gasteiger partial charge in [-0.3, -0.25) is 14.5 Å². The minimum Gasteiger partial charge on any atom is -0.503 e. The number of ether oxygens (including phenoxy) is 2. The Morgan fingerprint density at radius 3 is 2.46 bits per heavy atom. The zero-order chi connectivity index (χ0) is 25.3. The van der Waals surface area contributed by atoms with Crippen LogP contribution in [-0.4, -0.2) is 41.5 Å². The van der Waals surface area contributed by atoms with E-state index in [4.69, 9.17) is 9.47 Å². The predicted octanol–water partition coefficient (Wildman–Crippen LogP) is 4.73. The second-order valence-corrected chi connectivity index (χ2v) is 9.06. The summed E-state index contributed by atoms with van der Waals surface area (Å²) in [5.74, 6) is -1.75. The van der Waals surface area contributed by atoms with Crippen LogP contribution < -0.4 is 9.64 Å². The maximum Gasteiger partial charge on any atom is 0.338 e. The van der Waals surface area contributed by atoms with Crippen molar-refractivity contribution in [1.82, 2.24) is 4.98 Å². The maximum absolute atomic E-state index is 13.6. The Bertz CT molecular complexity index is 1340. The molecule has 0 aliphatic carbocycles. The average Bonchev–Trinajstić information content (AvgIpc) is 3.33. The standard InChI is InChI=1S/C26H24N2O6S/c1-5-34-26(32)16-9-11-18(12-10-16)28-21(17-7-6-8-19(13-17)33-4)20(23(30)25(28)31)22(29)24-14(2)27-15(3)35-24/h6-13,21,30H,5H2,1-4H3. The van der Waals surface area contributed by atoms with E-state index in [0.717, 1.165) is 0 Å². The number of aliphatic hydroxyl groups excluding tert-OH is 1. The molecule has 0 fully saturated rings. The van der Waals surface area contributed by atoms with Gasteiger partial charge in [-0.15, -0.1) is 11.3 Å². The monoisotopic (exact) mass is 492 g/mol. The molecule has 1 N–H and O–H groups in total. The number of amides is 1. The van der Waals surface area contributed by atoms with Gasteiger partial charge < -0.3 is 14.6 Å². The Hall–Kier alpha value is -3.98. The summed E-state index contributed by atoms with van der Waals surface area (Å²) in [7, 11) is 1.52. The number of benzene rings is 2. The Morgan fingerprint density at radius 1 is 1.14 bits per heavy atom. The highest BCUT2D eigenvalue weighted by atomic mass is 32.1. The molecule has 0 bridgehead atoms. The summed E-state index contributed by atoms with van der Waals surface area (Å²) >= 11 is 1.21. The summed E-state index contributed by atoms with van der Waals surface area (Å²) in [6.45, 7) is 5.47. The predicted molar refractivity (Wildman–Crippen MR) is 131 cm³/mol. The number of methoxy groups -OCH3 is 1. The third-order valence-electron chi connectivity index (χ3n) is 5.63. The summed E-state index contributed by atoms with van der Waals surface area (Å²) in [5.41, 5.74) is 1.81. The minimum absolute atomic E-state index is 0.0375. The largest absolute Gasteiger partial charge is 0.503 e. The van der Waals surface area contributed by atoms with E-state index >= 15 is 0 Å². The fourth-order valence-corrected chi connectivity index (χ4v) is 4.94. The third kappa shape index (κ3) is 4.42. The van der Waals surface area contributed by atoms with E-state index in [9.17, 15) is 19.5 Å². The molecule has 1 aromatic heterocycles. The van der Waals surface area contributed by atoms with E-state index in [2.05, 4.69) is 4.98 Å². The first-order valence-corrected chi connectivity index (χ1v) is 11.7. The van der Waals surface area contributed by atoms with Crippen molar-refractivity contribution in [3.05, 3.63) is 86.6 Å². The van der Waals surface area contributed by atoms with Crippen molar-refractivity contribution in [2.75, 3.05) is 18.6 Å². The zero-order valence-corrected chi connectivity index (χ0v) is 20.5. The van der Waals surface area contributed by atoms with Crippen molar-refractivity contribution >= 4 is 34.7 Å². The van der Waals surface area contributed by atoms with Crippen molar-refractivity contribution in [3.8, 4) is 5.75 Å². The van der Waals surface area contributed by atoms with E-state index in [-0.39, 0.29) is 12.2 Å². The Kier molecular flexibility index (Phi) is 6.70. The van der Waals surface area contributed by atoms with Gasteiger partial charge in [0.05, 0.1) is 46.5 Å². The molecule has 35 heavy (non-hydrogen) atoms. The van der Waals surface area contributed by atoms with Gasteiger partial charge in [0.2, 0.25) is 5.78 Å². The lowest BCUT2D eigenvalue weighted by Crippen LogP contribution is -2.31. The van der Waals surface area contributed by atoms with Gasteiger partial charge in [-0.05, 0) is 62.7 Å². The SMILES string of the molecule is CCOC(=O)c1ccc(N2C(=O)C(O)=C(C(=O)c3sc(C)nc3C)C2c2cccc(OC)c2)cc1.